The van der Waals surface area contributed by atoms with Gasteiger partial charge in [0.2, 0.25) is 0 Å². The molecule has 3 rings (SSSR count). The van der Waals surface area contributed by atoms with Crippen LogP contribution in [0.1, 0.15) is 20.3 Å². The minimum Gasteiger partial charge on any atom is -0.496 e. The number of benzene rings is 1. The van der Waals surface area contributed by atoms with Crippen LogP contribution in [0.15, 0.2) is 30.5 Å². The topological polar surface area (TPSA) is 60.2 Å². The third kappa shape index (κ3) is 1.91. The fourth-order valence-electron chi connectivity index (χ4n) is 2.84. The summed E-state index contributed by atoms with van der Waals surface area (Å²) in [4.78, 5) is 4.49. The molecule has 4 heteroatoms. The van der Waals surface area contributed by atoms with Crippen LogP contribution in [0.5, 0.6) is 5.75 Å². The molecule has 1 aliphatic rings. The molecule has 0 radical (unpaired) electrons. The monoisotopic (exact) mass is 271 g/mol. The highest BCUT2D eigenvalue weighted by Gasteiger charge is 2.46. The number of nitrogens with one attached hydrogen (secondary N) is 1. The van der Waals surface area contributed by atoms with Crippen molar-refractivity contribution in [1.82, 2.24) is 4.98 Å². The Labute approximate surface area is 119 Å². The van der Waals surface area contributed by atoms with E-state index in [1.54, 1.807) is 7.11 Å². The normalized spacial score (nSPS) is 24.2. The molecule has 0 aliphatic heterocycles. The molecule has 1 aromatic heterocycles. The van der Waals surface area contributed by atoms with Crippen LogP contribution >= 0.6 is 0 Å². The van der Waals surface area contributed by atoms with Crippen molar-refractivity contribution in [3.63, 3.8) is 0 Å². The van der Waals surface area contributed by atoms with Gasteiger partial charge in [0.05, 0.1) is 7.11 Å². The van der Waals surface area contributed by atoms with Crippen molar-refractivity contribution >= 4 is 16.6 Å². The first-order chi connectivity index (χ1) is 9.54. The molecule has 2 atom stereocenters. The van der Waals surface area contributed by atoms with E-state index in [0.29, 0.717) is 6.04 Å². The summed E-state index contributed by atoms with van der Waals surface area (Å²) in [5.41, 5.74) is 6.18. The Morgan fingerprint density at radius 2 is 2.10 bits per heavy atom. The smallest absolute Gasteiger partial charge is 0.134 e. The first-order valence-electron chi connectivity index (χ1n) is 6.98. The van der Waals surface area contributed by atoms with E-state index in [0.717, 1.165) is 28.8 Å². The molecule has 4 nitrogen and oxygen atoms in total. The van der Waals surface area contributed by atoms with Crippen molar-refractivity contribution in [3.8, 4) is 5.75 Å². The van der Waals surface area contributed by atoms with Gasteiger partial charge in [-0.25, -0.2) is 4.98 Å². The van der Waals surface area contributed by atoms with Gasteiger partial charge in [0.1, 0.15) is 11.6 Å². The fourth-order valence-corrected chi connectivity index (χ4v) is 2.84. The number of nitrogens with zero attached hydrogens (tertiary/aromatic N) is 1. The summed E-state index contributed by atoms with van der Waals surface area (Å²) in [6.45, 7) is 4.40. The Morgan fingerprint density at radius 3 is 2.75 bits per heavy atom. The molecule has 0 saturated heterocycles. The summed E-state index contributed by atoms with van der Waals surface area (Å²) in [6, 6.07) is 8.63. The Kier molecular flexibility index (Phi) is 3.05. The predicted octanol–water partition coefficient (Wildman–Crippen LogP) is 2.78. The fraction of sp³-hybridized carbons (Fsp3) is 0.438. The van der Waals surface area contributed by atoms with Crippen molar-refractivity contribution in [1.29, 1.82) is 0 Å². The molecule has 2 aromatic rings. The van der Waals surface area contributed by atoms with E-state index in [9.17, 15) is 0 Å². The molecular formula is C16H21N3O. The zero-order valence-electron chi connectivity index (χ0n) is 12.2. The number of pyridine rings is 1. The number of rotatable bonds is 3. The van der Waals surface area contributed by atoms with Crippen LogP contribution in [-0.4, -0.2) is 24.2 Å². The second-order valence-corrected chi connectivity index (χ2v) is 6.08. The van der Waals surface area contributed by atoms with Crippen molar-refractivity contribution in [2.45, 2.75) is 32.4 Å². The molecule has 1 saturated carbocycles. The molecule has 1 aromatic carbocycles. The lowest BCUT2D eigenvalue weighted by Crippen LogP contribution is -2.61. The van der Waals surface area contributed by atoms with Gasteiger partial charge in [-0.05, 0) is 18.6 Å². The maximum Gasteiger partial charge on any atom is 0.134 e. The van der Waals surface area contributed by atoms with E-state index in [1.165, 1.54) is 0 Å². The number of ether oxygens (including phenoxy) is 1. The molecule has 0 bridgehead atoms. The standard InChI is InChI=1S/C16H21N3O/c1-16(2)13(17)9-14(16)19-15-11-5-4-6-12(20-3)10(11)7-8-18-15/h4-8,13-14H,9,17H2,1-3H3,(H,18,19). The number of anilines is 1. The van der Waals surface area contributed by atoms with Gasteiger partial charge >= 0.3 is 0 Å². The number of nitrogens with two attached hydrogens (primary N) is 1. The summed E-state index contributed by atoms with van der Waals surface area (Å²) in [5.74, 6) is 1.78. The Hall–Kier alpha value is -1.81. The van der Waals surface area contributed by atoms with Crippen LogP contribution in [0.3, 0.4) is 0 Å². The van der Waals surface area contributed by atoms with Crippen LogP contribution in [-0.2, 0) is 0 Å². The zero-order chi connectivity index (χ0) is 14.3. The van der Waals surface area contributed by atoms with Crippen molar-refractivity contribution in [2.75, 3.05) is 12.4 Å². The number of fused-ring (bicyclic) bond motifs is 1. The van der Waals surface area contributed by atoms with E-state index in [4.69, 9.17) is 10.5 Å². The largest absolute Gasteiger partial charge is 0.496 e. The minimum absolute atomic E-state index is 0.0999. The van der Waals surface area contributed by atoms with E-state index >= 15 is 0 Å². The first kappa shape index (κ1) is 13.2. The minimum atomic E-state index is 0.0999. The van der Waals surface area contributed by atoms with Gasteiger partial charge in [-0.2, -0.15) is 0 Å². The molecule has 1 aliphatic carbocycles. The van der Waals surface area contributed by atoms with Crippen molar-refractivity contribution < 1.29 is 4.74 Å². The molecule has 0 spiro atoms. The van der Waals surface area contributed by atoms with Crippen molar-refractivity contribution in [3.05, 3.63) is 30.5 Å². The number of aromatic nitrogens is 1. The lowest BCUT2D eigenvalue weighted by Gasteiger charge is -2.50. The predicted molar refractivity (Wildman–Crippen MR) is 82.1 cm³/mol. The molecule has 1 fully saturated rings. The molecule has 3 N–H and O–H groups in total. The summed E-state index contributed by atoms with van der Waals surface area (Å²) in [5, 5.41) is 5.71. The van der Waals surface area contributed by atoms with E-state index < -0.39 is 0 Å². The van der Waals surface area contributed by atoms with Crippen molar-refractivity contribution in [2.24, 2.45) is 11.1 Å². The molecule has 2 unspecified atom stereocenters. The van der Waals surface area contributed by atoms with Gasteiger partial charge in [-0.1, -0.05) is 26.0 Å². The number of hydrogen-bond acceptors (Lipinski definition) is 4. The molecule has 106 valence electrons. The summed E-state index contributed by atoms with van der Waals surface area (Å²) in [7, 11) is 1.69. The SMILES string of the molecule is COc1cccc2c(NC3CC(N)C3(C)C)nccc12. The average Bonchev–Trinajstić information content (AvgIpc) is 2.46. The number of methoxy groups -OCH3 is 1. The third-order valence-corrected chi connectivity index (χ3v) is 4.64. The quantitative estimate of drug-likeness (QED) is 0.901. The van der Waals surface area contributed by atoms with Crippen LogP contribution in [0.25, 0.3) is 10.8 Å². The number of hydrogen-bond donors (Lipinski definition) is 2. The van der Waals surface area contributed by atoms with Gasteiger partial charge in [0, 0.05) is 34.5 Å². The van der Waals surface area contributed by atoms with Gasteiger partial charge in [0.25, 0.3) is 0 Å². The first-order valence-corrected chi connectivity index (χ1v) is 6.98. The van der Waals surface area contributed by atoms with Gasteiger partial charge < -0.3 is 15.8 Å². The second kappa shape index (κ2) is 4.63. The van der Waals surface area contributed by atoms with E-state index in [2.05, 4.69) is 30.2 Å². The van der Waals surface area contributed by atoms with Crippen LogP contribution < -0.4 is 15.8 Å². The van der Waals surface area contributed by atoms with E-state index in [1.807, 2.05) is 24.4 Å². The van der Waals surface area contributed by atoms with E-state index in [-0.39, 0.29) is 11.5 Å². The van der Waals surface area contributed by atoms with Gasteiger partial charge in [-0.15, -0.1) is 0 Å². The lowest BCUT2D eigenvalue weighted by molar-refractivity contribution is 0.117. The molecular weight excluding hydrogens is 250 g/mol. The molecule has 0 amide bonds. The van der Waals surface area contributed by atoms with Gasteiger partial charge in [0.15, 0.2) is 0 Å². The highest BCUT2D eigenvalue weighted by molar-refractivity contribution is 5.95. The zero-order valence-corrected chi connectivity index (χ0v) is 12.2. The third-order valence-electron chi connectivity index (χ3n) is 4.64. The summed E-state index contributed by atoms with van der Waals surface area (Å²) in [6.07, 6.45) is 2.80. The maximum atomic E-state index is 6.08. The average molecular weight is 271 g/mol. The second-order valence-electron chi connectivity index (χ2n) is 6.08. The maximum absolute atomic E-state index is 6.08. The molecule has 1 heterocycles. The van der Waals surface area contributed by atoms with Crippen LogP contribution in [0.4, 0.5) is 5.82 Å². The molecule has 20 heavy (non-hydrogen) atoms. The highest BCUT2D eigenvalue weighted by atomic mass is 16.5. The van der Waals surface area contributed by atoms with Crippen LogP contribution in [0, 0.1) is 5.41 Å². The Balaban J connectivity index is 1.97. The summed E-state index contributed by atoms with van der Waals surface area (Å²) >= 11 is 0. The summed E-state index contributed by atoms with van der Waals surface area (Å²) < 4.78 is 5.41. The Bertz CT molecular complexity index is 639. The van der Waals surface area contributed by atoms with Gasteiger partial charge in [-0.3, -0.25) is 0 Å². The Morgan fingerprint density at radius 1 is 1.30 bits per heavy atom. The van der Waals surface area contributed by atoms with Crippen LogP contribution in [0.2, 0.25) is 0 Å². The lowest BCUT2D eigenvalue weighted by atomic mass is 9.63. The highest BCUT2D eigenvalue weighted by Crippen LogP contribution is 2.41.